The van der Waals surface area contributed by atoms with E-state index >= 15 is 0 Å². The van der Waals surface area contributed by atoms with Gasteiger partial charge in [0.2, 0.25) is 0 Å². The predicted octanol–water partition coefficient (Wildman–Crippen LogP) is 4.68. The van der Waals surface area contributed by atoms with Crippen LogP contribution in [0, 0.1) is 0 Å². The minimum atomic E-state index is 0.373. The summed E-state index contributed by atoms with van der Waals surface area (Å²) in [6.07, 6.45) is 13.7. The van der Waals surface area contributed by atoms with Gasteiger partial charge < -0.3 is 18.9 Å². The molecule has 132 valence electrons. The summed E-state index contributed by atoms with van der Waals surface area (Å²) in [4.78, 5) is 0. The van der Waals surface area contributed by atoms with Crippen LogP contribution in [0.4, 0.5) is 0 Å². The molecule has 0 aromatic rings. The summed E-state index contributed by atoms with van der Waals surface area (Å²) in [5.41, 5.74) is 0. The molecule has 0 aliphatic carbocycles. The molecule has 0 saturated carbocycles. The van der Waals surface area contributed by atoms with Crippen LogP contribution < -0.4 is 0 Å². The Labute approximate surface area is 137 Å². The Hall–Kier alpha value is -0.420. The largest absolute Gasteiger partial charge is 0.355 e. The number of rotatable bonds is 18. The number of unbranched alkanes of at least 4 members (excludes halogenated alkanes) is 6. The third-order valence-corrected chi connectivity index (χ3v) is 3.21. The number of ether oxygens (including phenoxy) is 4. The molecular weight excluding hydrogens is 280 g/mol. The fourth-order valence-corrected chi connectivity index (χ4v) is 1.87. The van der Waals surface area contributed by atoms with Gasteiger partial charge in [0.25, 0.3) is 0 Å². The second-order valence-electron chi connectivity index (χ2n) is 5.39. The van der Waals surface area contributed by atoms with E-state index in [9.17, 15) is 0 Å². The Kier molecular flexibility index (Phi) is 20.2. The third-order valence-electron chi connectivity index (χ3n) is 3.21. The average molecular weight is 316 g/mol. The first-order valence-electron chi connectivity index (χ1n) is 8.87. The van der Waals surface area contributed by atoms with Crippen molar-refractivity contribution in [3.63, 3.8) is 0 Å². The van der Waals surface area contributed by atoms with Crippen molar-refractivity contribution in [1.82, 2.24) is 0 Å². The molecule has 4 nitrogen and oxygen atoms in total. The first-order valence-corrected chi connectivity index (χ1v) is 8.87. The van der Waals surface area contributed by atoms with Crippen LogP contribution in [-0.4, -0.2) is 40.0 Å². The monoisotopic (exact) mass is 316 g/mol. The second-order valence-corrected chi connectivity index (χ2v) is 5.39. The van der Waals surface area contributed by atoms with Gasteiger partial charge in [-0.1, -0.05) is 64.5 Å². The molecule has 0 aromatic heterocycles. The summed E-state index contributed by atoms with van der Waals surface area (Å²) in [5, 5.41) is 0. The highest BCUT2D eigenvalue weighted by Gasteiger charge is 1.90. The molecule has 0 N–H and O–H groups in total. The van der Waals surface area contributed by atoms with Gasteiger partial charge in [0.15, 0.2) is 0 Å². The van der Waals surface area contributed by atoms with Crippen LogP contribution in [0.1, 0.15) is 65.2 Å². The van der Waals surface area contributed by atoms with E-state index in [2.05, 4.69) is 13.8 Å². The van der Waals surface area contributed by atoms with Gasteiger partial charge in [-0.3, -0.25) is 0 Å². The smallest absolute Gasteiger partial charge is 0.147 e. The highest BCUT2D eigenvalue weighted by atomic mass is 16.7. The normalized spacial score (nSPS) is 11.5. The quantitative estimate of drug-likeness (QED) is 0.209. The van der Waals surface area contributed by atoms with Crippen molar-refractivity contribution < 1.29 is 18.9 Å². The summed E-state index contributed by atoms with van der Waals surface area (Å²) in [6, 6.07) is 0. The molecule has 0 unspecified atom stereocenters. The highest BCUT2D eigenvalue weighted by Crippen LogP contribution is 1.99. The van der Waals surface area contributed by atoms with E-state index in [1.54, 1.807) is 0 Å². The molecule has 0 bridgehead atoms. The maximum atomic E-state index is 5.37. The Balaban J connectivity index is 3.03. The molecule has 0 spiro atoms. The summed E-state index contributed by atoms with van der Waals surface area (Å²) in [6.45, 7) is 7.88. The van der Waals surface area contributed by atoms with Crippen molar-refractivity contribution in [2.45, 2.75) is 65.2 Å². The Morgan fingerprint density at radius 1 is 0.545 bits per heavy atom. The van der Waals surface area contributed by atoms with E-state index in [-0.39, 0.29) is 0 Å². The first kappa shape index (κ1) is 21.6. The molecule has 0 heterocycles. The van der Waals surface area contributed by atoms with Crippen LogP contribution in [0.5, 0.6) is 0 Å². The fourth-order valence-electron chi connectivity index (χ4n) is 1.87. The minimum absolute atomic E-state index is 0.373. The van der Waals surface area contributed by atoms with Gasteiger partial charge in [0.05, 0.1) is 13.2 Å². The molecule has 0 radical (unpaired) electrons. The lowest BCUT2D eigenvalue weighted by Crippen LogP contribution is -2.03. The van der Waals surface area contributed by atoms with Gasteiger partial charge in [-0.2, -0.15) is 0 Å². The van der Waals surface area contributed by atoms with Crippen molar-refractivity contribution in [2.24, 2.45) is 0 Å². The van der Waals surface area contributed by atoms with Crippen molar-refractivity contribution >= 4 is 0 Å². The van der Waals surface area contributed by atoms with E-state index in [1.165, 1.54) is 38.5 Å². The van der Waals surface area contributed by atoms with Crippen LogP contribution in [0.25, 0.3) is 0 Å². The summed E-state index contributed by atoms with van der Waals surface area (Å²) < 4.78 is 21.4. The zero-order valence-electron chi connectivity index (χ0n) is 14.7. The van der Waals surface area contributed by atoms with Gasteiger partial charge in [-0.05, 0) is 12.8 Å². The minimum Gasteiger partial charge on any atom is -0.355 e. The molecule has 0 aliphatic rings. The van der Waals surface area contributed by atoms with Crippen molar-refractivity contribution in [3.8, 4) is 0 Å². The lowest BCUT2D eigenvalue weighted by Gasteiger charge is -2.04. The lowest BCUT2D eigenvalue weighted by molar-refractivity contribution is -0.0480. The van der Waals surface area contributed by atoms with Crippen molar-refractivity contribution in [1.29, 1.82) is 0 Å². The third kappa shape index (κ3) is 19.6. The standard InChI is InChI=1S/C18H36O4/c1-3-5-7-9-13-19-17-21-15-11-12-16-22-18-20-14-10-8-6-4-2/h11-12H,3-10,13-18H2,1-2H3. The number of hydrogen-bond donors (Lipinski definition) is 0. The van der Waals surface area contributed by atoms with Gasteiger partial charge >= 0.3 is 0 Å². The van der Waals surface area contributed by atoms with Gasteiger partial charge in [0.1, 0.15) is 13.6 Å². The second kappa shape index (κ2) is 20.6. The average Bonchev–Trinajstić information content (AvgIpc) is 2.54. The zero-order chi connectivity index (χ0) is 16.1. The molecule has 0 rings (SSSR count). The van der Waals surface area contributed by atoms with Crippen LogP contribution >= 0.6 is 0 Å². The van der Waals surface area contributed by atoms with Crippen LogP contribution in [0.15, 0.2) is 12.2 Å². The molecular formula is C18H36O4. The van der Waals surface area contributed by atoms with E-state index in [4.69, 9.17) is 18.9 Å². The topological polar surface area (TPSA) is 36.9 Å². The highest BCUT2D eigenvalue weighted by molar-refractivity contribution is 4.80. The Morgan fingerprint density at radius 3 is 1.41 bits per heavy atom. The maximum Gasteiger partial charge on any atom is 0.147 e. The molecule has 0 atom stereocenters. The Morgan fingerprint density at radius 2 is 1.00 bits per heavy atom. The zero-order valence-corrected chi connectivity index (χ0v) is 14.7. The predicted molar refractivity (Wildman–Crippen MR) is 91.0 cm³/mol. The van der Waals surface area contributed by atoms with E-state index in [1.807, 2.05) is 12.2 Å². The summed E-state index contributed by atoms with van der Waals surface area (Å²) >= 11 is 0. The molecule has 0 aromatic carbocycles. The van der Waals surface area contributed by atoms with Gasteiger partial charge in [-0.15, -0.1) is 0 Å². The SMILES string of the molecule is CCCCCCOCOCC=CCOCOCCCCCC. The van der Waals surface area contributed by atoms with Gasteiger partial charge in [0, 0.05) is 13.2 Å². The van der Waals surface area contributed by atoms with Crippen LogP contribution in [-0.2, 0) is 18.9 Å². The molecule has 0 fully saturated rings. The van der Waals surface area contributed by atoms with E-state index in [0.29, 0.717) is 26.8 Å². The van der Waals surface area contributed by atoms with Crippen molar-refractivity contribution in [2.75, 3.05) is 40.0 Å². The maximum absolute atomic E-state index is 5.37. The van der Waals surface area contributed by atoms with E-state index < -0.39 is 0 Å². The van der Waals surface area contributed by atoms with Crippen LogP contribution in [0.2, 0.25) is 0 Å². The molecule has 4 heteroatoms. The summed E-state index contributed by atoms with van der Waals surface area (Å²) in [5.74, 6) is 0. The number of hydrogen-bond acceptors (Lipinski definition) is 4. The van der Waals surface area contributed by atoms with E-state index in [0.717, 1.165) is 26.1 Å². The van der Waals surface area contributed by atoms with Gasteiger partial charge in [-0.25, -0.2) is 0 Å². The fraction of sp³-hybridized carbons (Fsp3) is 0.889. The summed E-state index contributed by atoms with van der Waals surface area (Å²) in [7, 11) is 0. The van der Waals surface area contributed by atoms with Crippen molar-refractivity contribution in [3.05, 3.63) is 12.2 Å². The molecule has 22 heavy (non-hydrogen) atoms. The lowest BCUT2D eigenvalue weighted by atomic mass is 10.2. The Bertz CT molecular complexity index is 197. The molecule has 0 amide bonds. The molecule has 0 saturated heterocycles. The first-order chi connectivity index (χ1) is 10.9. The molecule has 0 aliphatic heterocycles. The van der Waals surface area contributed by atoms with Crippen LogP contribution in [0.3, 0.4) is 0 Å².